The summed E-state index contributed by atoms with van der Waals surface area (Å²) in [6.45, 7) is 7.28. The van der Waals surface area contributed by atoms with Gasteiger partial charge in [-0.15, -0.1) is 0 Å². The number of hydrogen-bond donors (Lipinski definition) is 3. The number of benzene rings is 1. The van der Waals surface area contributed by atoms with E-state index in [0.717, 1.165) is 12.1 Å². The maximum absolute atomic E-state index is 12.4. The van der Waals surface area contributed by atoms with Gasteiger partial charge in [0.15, 0.2) is 0 Å². The molecule has 0 spiro atoms. The van der Waals surface area contributed by atoms with Crippen LogP contribution in [0.5, 0.6) is 0 Å². The number of anilines is 1. The number of para-hydroxylation sites is 1. The van der Waals surface area contributed by atoms with Crippen LogP contribution in [0.4, 0.5) is 10.5 Å². The van der Waals surface area contributed by atoms with E-state index in [-0.39, 0.29) is 23.4 Å². The van der Waals surface area contributed by atoms with Gasteiger partial charge in [-0.3, -0.25) is 0 Å². The quantitative estimate of drug-likeness (QED) is 0.801. The number of amides is 2. The number of nitrogens with one attached hydrogen (secondary N) is 1. The maximum atomic E-state index is 12.4. The number of carbonyl (C=O) groups is 1. The number of nitrogens with zero attached hydrogens (tertiary/aromatic N) is 1. The standard InChI is InChI=1S/C18H29N3O2/c1-18(2,3)16(22)10-13-9-14(19)12-21(11-13)17(23)20-15-7-5-4-6-8-15/h4-8,13-14,16,22H,9-12,19H2,1-3H3,(H,20,23). The minimum atomic E-state index is -0.392. The van der Waals surface area contributed by atoms with Gasteiger partial charge >= 0.3 is 6.03 Å². The summed E-state index contributed by atoms with van der Waals surface area (Å²) >= 11 is 0. The summed E-state index contributed by atoms with van der Waals surface area (Å²) in [5, 5.41) is 13.2. The van der Waals surface area contributed by atoms with E-state index < -0.39 is 6.10 Å². The molecular weight excluding hydrogens is 290 g/mol. The predicted molar refractivity (Wildman–Crippen MR) is 93.2 cm³/mol. The van der Waals surface area contributed by atoms with Crippen molar-refractivity contribution in [3.8, 4) is 0 Å². The lowest BCUT2D eigenvalue weighted by Gasteiger charge is -2.38. The van der Waals surface area contributed by atoms with E-state index in [4.69, 9.17) is 5.73 Å². The lowest BCUT2D eigenvalue weighted by Crippen LogP contribution is -2.51. The van der Waals surface area contributed by atoms with Crippen molar-refractivity contribution in [3.05, 3.63) is 30.3 Å². The van der Waals surface area contributed by atoms with Gasteiger partial charge in [-0.05, 0) is 36.3 Å². The Kier molecular flexibility index (Phi) is 5.65. The fourth-order valence-corrected chi connectivity index (χ4v) is 2.98. The first kappa shape index (κ1) is 17.8. The minimum absolute atomic E-state index is 0.0394. The van der Waals surface area contributed by atoms with Crippen molar-refractivity contribution in [1.82, 2.24) is 4.90 Å². The van der Waals surface area contributed by atoms with Crippen LogP contribution in [-0.4, -0.2) is 41.3 Å². The molecule has 0 aliphatic carbocycles. The fraction of sp³-hybridized carbons (Fsp3) is 0.611. The molecule has 1 aliphatic heterocycles. The molecule has 1 aromatic carbocycles. The predicted octanol–water partition coefficient (Wildman–Crippen LogP) is 2.66. The molecule has 1 aromatic rings. The van der Waals surface area contributed by atoms with Crippen LogP contribution < -0.4 is 11.1 Å². The zero-order valence-corrected chi connectivity index (χ0v) is 14.3. The highest BCUT2D eigenvalue weighted by Gasteiger charge is 2.32. The van der Waals surface area contributed by atoms with Gasteiger partial charge in [-0.2, -0.15) is 0 Å². The van der Waals surface area contributed by atoms with Gasteiger partial charge in [0.1, 0.15) is 0 Å². The molecule has 23 heavy (non-hydrogen) atoms. The van der Waals surface area contributed by atoms with Crippen molar-refractivity contribution in [1.29, 1.82) is 0 Å². The monoisotopic (exact) mass is 319 g/mol. The number of hydrogen-bond acceptors (Lipinski definition) is 3. The SMILES string of the molecule is CC(C)(C)C(O)CC1CC(N)CN(C(=O)Nc2ccccc2)C1. The zero-order valence-electron chi connectivity index (χ0n) is 14.3. The van der Waals surface area contributed by atoms with Crippen LogP contribution in [0, 0.1) is 11.3 Å². The Morgan fingerprint density at radius 2 is 2.00 bits per heavy atom. The third kappa shape index (κ3) is 5.22. The Bertz CT molecular complexity index is 513. The molecule has 128 valence electrons. The second kappa shape index (κ2) is 7.32. The molecule has 0 saturated carbocycles. The Labute approximate surface area is 138 Å². The van der Waals surface area contributed by atoms with E-state index in [1.54, 1.807) is 4.90 Å². The maximum Gasteiger partial charge on any atom is 0.321 e. The first-order valence-corrected chi connectivity index (χ1v) is 8.30. The highest BCUT2D eigenvalue weighted by molar-refractivity contribution is 5.89. The molecule has 5 heteroatoms. The number of rotatable bonds is 3. The molecule has 4 N–H and O–H groups in total. The molecule has 0 aromatic heterocycles. The molecule has 2 amide bonds. The van der Waals surface area contributed by atoms with Crippen molar-refractivity contribution in [3.63, 3.8) is 0 Å². The Balaban J connectivity index is 1.95. The summed E-state index contributed by atoms with van der Waals surface area (Å²) in [7, 11) is 0. The smallest absolute Gasteiger partial charge is 0.321 e. The number of nitrogens with two attached hydrogens (primary N) is 1. The van der Waals surface area contributed by atoms with Gasteiger partial charge in [-0.25, -0.2) is 4.79 Å². The van der Waals surface area contributed by atoms with Gasteiger partial charge in [0.05, 0.1) is 6.10 Å². The summed E-state index contributed by atoms with van der Waals surface area (Å²) in [5.74, 6) is 0.231. The normalized spacial score (nSPS) is 23.4. The van der Waals surface area contributed by atoms with Crippen molar-refractivity contribution in [2.45, 2.75) is 45.8 Å². The van der Waals surface area contributed by atoms with Crippen molar-refractivity contribution >= 4 is 11.7 Å². The minimum Gasteiger partial charge on any atom is -0.393 e. The lowest BCUT2D eigenvalue weighted by molar-refractivity contribution is 0.0288. The number of aliphatic hydroxyl groups is 1. The molecule has 0 radical (unpaired) electrons. The van der Waals surface area contributed by atoms with E-state index in [2.05, 4.69) is 5.32 Å². The van der Waals surface area contributed by atoms with Gasteiger partial charge in [0.2, 0.25) is 0 Å². The zero-order chi connectivity index (χ0) is 17.0. The van der Waals surface area contributed by atoms with Gasteiger partial charge < -0.3 is 21.1 Å². The number of aliphatic hydroxyl groups excluding tert-OH is 1. The summed E-state index contributed by atoms with van der Waals surface area (Å²) in [6.07, 6.45) is 1.13. The Morgan fingerprint density at radius 1 is 1.35 bits per heavy atom. The molecule has 1 fully saturated rings. The number of likely N-dealkylation sites (tertiary alicyclic amines) is 1. The van der Waals surface area contributed by atoms with Crippen LogP contribution in [0.25, 0.3) is 0 Å². The molecule has 1 heterocycles. The molecule has 5 nitrogen and oxygen atoms in total. The largest absolute Gasteiger partial charge is 0.393 e. The van der Waals surface area contributed by atoms with E-state index in [0.29, 0.717) is 19.5 Å². The first-order valence-electron chi connectivity index (χ1n) is 8.30. The molecule has 3 unspecified atom stereocenters. The second-order valence-corrected chi connectivity index (χ2v) is 7.68. The summed E-state index contributed by atoms with van der Waals surface area (Å²) in [4.78, 5) is 14.2. The van der Waals surface area contributed by atoms with Crippen LogP contribution in [0.1, 0.15) is 33.6 Å². The van der Waals surface area contributed by atoms with E-state index in [1.807, 2.05) is 51.1 Å². The average Bonchev–Trinajstić information content (AvgIpc) is 2.46. The highest BCUT2D eigenvalue weighted by Crippen LogP contribution is 2.28. The molecular formula is C18H29N3O2. The Hall–Kier alpha value is -1.59. The molecule has 2 rings (SSSR count). The summed E-state index contributed by atoms with van der Waals surface area (Å²) in [5.41, 5.74) is 6.75. The first-order chi connectivity index (χ1) is 10.8. The topological polar surface area (TPSA) is 78.6 Å². The molecule has 1 saturated heterocycles. The van der Waals surface area contributed by atoms with E-state index >= 15 is 0 Å². The van der Waals surface area contributed by atoms with Crippen LogP contribution in [0.2, 0.25) is 0 Å². The summed E-state index contributed by atoms with van der Waals surface area (Å²) in [6, 6.07) is 9.26. The van der Waals surface area contributed by atoms with E-state index in [1.165, 1.54) is 0 Å². The van der Waals surface area contributed by atoms with Gasteiger partial charge in [0.25, 0.3) is 0 Å². The third-order valence-electron chi connectivity index (χ3n) is 4.44. The molecule has 3 atom stereocenters. The van der Waals surface area contributed by atoms with Crippen LogP contribution in [-0.2, 0) is 0 Å². The Morgan fingerprint density at radius 3 is 2.61 bits per heavy atom. The molecule has 1 aliphatic rings. The van der Waals surface area contributed by atoms with Crippen molar-refractivity contribution in [2.75, 3.05) is 18.4 Å². The lowest BCUT2D eigenvalue weighted by atomic mass is 9.80. The highest BCUT2D eigenvalue weighted by atomic mass is 16.3. The van der Waals surface area contributed by atoms with Gasteiger partial charge in [0, 0.05) is 24.8 Å². The van der Waals surface area contributed by atoms with Gasteiger partial charge in [-0.1, -0.05) is 39.0 Å². The van der Waals surface area contributed by atoms with Crippen LogP contribution in [0.15, 0.2) is 30.3 Å². The summed E-state index contributed by atoms with van der Waals surface area (Å²) < 4.78 is 0. The van der Waals surface area contributed by atoms with Crippen molar-refractivity contribution < 1.29 is 9.90 Å². The number of carbonyl (C=O) groups excluding carboxylic acids is 1. The van der Waals surface area contributed by atoms with Crippen LogP contribution in [0.3, 0.4) is 0 Å². The third-order valence-corrected chi connectivity index (χ3v) is 4.44. The van der Waals surface area contributed by atoms with E-state index in [9.17, 15) is 9.90 Å². The number of urea groups is 1. The second-order valence-electron chi connectivity index (χ2n) is 7.68. The number of piperidine rings is 1. The van der Waals surface area contributed by atoms with Crippen molar-refractivity contribution in [2.24, 2.45) is 17.1 Å². The average molecular weight is 319 g/mol. The fourth-order valence-electron chi connectivity index (χ4n) is 2.98. The van der Waals surface area contributed by atoms with Crippen LogP contribution >= 0.6 is 0 Å². The molecule has 0 bridgehead atoms.